The van der Waals surface area contributed by atoms with Crippen LogP contribution in [0.4, 0.5) is 16.8 Å². The number of thioether (sulfide) groups is 1. The van der Waals surface area contributed by atoms with E-state index in [1.165, 1.54) is 35.6 Å². The number of nitrogens with zero attached hydrogens (tertiary/aromatic N) is 5. The second kappa shape index (κ2) is 13.5. The summed E-state index contributed by atoms with van der Waals surface area (Å²) in [5.41, 5.74) is 17.3. The molecule has 0 bridgehead atoms. The maximum absolute atomic E-state index is 13.4. The van der Waals surface area contributed by atoms with Gasteiger partial charge in [-0.3, -0.25) is 14.5 Å². The van der Waals surface area contributed by atoms with Gasteiger partial charge in [0.05, 0.1) is 23.8 Å². The first-order valence-electron chi connectivity index (χ1n) is 13.7. The van der Waals surface area contributed by atoms with Gasteiger partial charge in [-0.1, -0.05) is 28.4 Å². The molecule has 48 heavy (non-hydrogen) atoms. The van der Waals surface area contributed by atoms with Crippen LogP contribution in [0, 0.1) is 6.92 Å². The number of anilines is 3. The lowest BCUT2D eigenvalue weighted by molar-refractivity contribution is -0.675. The molecule has 1 aromatic carbocycles. The topological polar surface area (TPSA) is 297 Å². The summed E-state index contributed by atoms with van der Waals surface area (Å²) in [6, 6.07) is 1.96. The van der Waals surface area contributed by atoms with Crippen molar-refractivity contribution in [2.75, 3.05) is 23.0 Å². The number of nitrogens with one attached hydrogen (secondary N) is 1. The van der Waals surface area contributed by atoms with E-state index in [4.69, 9.17) is 22.0 Å². The summed E-state index contributed by atoms with van der Waals surface area (Å²) in [6.45, 7) is 1.94. The van der Waals surface area contributed by atoms with Crippen molar-refractivity contribution in [2.24, 2.45) is 5.16 Å². The monoisotopic (exact) mass is 697 g/mol. The Morgan fingerprint density at radius 2 is 2.02 bits per heavy atom. The van der Waals surface area contributed by atoms with Crippen LogP contribution in [0.15, 0.2) is 58.5 Å². The third kappa shape index (κ3) is 6.51. The number of rotatable bonds is 11. The Labute approximate surface area is 278 Å². The van der Waals surface area contributed by atoms with Crippen molar-refractivity contribution in [1.82, 2.24) is 20.2 Å². The molecule has 2 aliphatic rings. The zero-order chi connectivity index (χ0) is 34.9. The number of fused-ring (bicyclic) bond motifs is 1. The Morgan fingerprint density at radius 3 is 2.67 bits per heavy atom. The van der Waals surface area contributed by atoms with Gasteiger partial charge in [0.1, 0.15) is 17.1 Å². The van der Waals surface area contributed by atoms with E-state index in [-0.39, 0.29) is 40.2 Å². The van der Waals surface area contributed by atoms with Crippen LogP contribution in [0.2, 0.25) is 0 Å². The summed E-state index contributed by atoms with van der Waals surface area (Å²) >= 11 is 2.14. The molecular formula is C28H27N9O9S2. The minimum Gasteiger partial charge on any atom is -0.543 e. The predicted octanol–water partition coefficient (Wildman–Crippen LogP) is -1.50. The second-order valence-corrected chi connectivity index (χ2v) is 12.3. The van der Waals surface area contributed by atoms with Gasteiger partial charge in [-0.2, -0.15) is 0 Å². The number of hydrogen-bond acceptors (Lipinski definition) is 16. The molecule has 0 aliphatic carbocycles. The lowest BCUT2D eigenvalue weighted by atomic mass is 10.0. The molecule has 3 atom stereocenters. The molecular weight excluding hydrogens is 670 g/mol. The highest BCUT2D eigenvalue weighted by Gasteiger charge is 2.53. The Hall–Kier alpha value is -5.89. The summed E-state index contributed by atoms with van der Waals surface area (Å²) < 4.78 is 1.60. The number of carbonyl (C=O) groups is 4. The molecule has 18 nitrogen and oxygen atoms in total. The molecule has 2 amide bonds. The number of aromatic hydroxyl groups is 2. The quantitative estimate of drug-likeness (QED) is 0.0394. The zero-order valence-corrected chi connectivity index (χ0v) is 26.4. The lowest BCUT2D eigenvalue weighted by Crippen LogP contribution is -2.71. The molecule has 5 rings (SSSR count). The fourth-order valence-corrected chi connectivity index (χ4v) is 6.59. The van der Waals surface area contributed by atoms with Crippen LogP contribution in [0.1, 0.15) is 22.9 Å². The minimum atomic E-state index is -1.83. The number of aliphatic carboxylic acids is 2. The van der Waals surface area contributed by atoms with Crippen LogP contribution in [0.25, 0.3) is 0 Å². The largest absolute Gasteiger partial charge is 0.543 e. The van der Waals surface area contributed by atoms with E-state index in [2.05, 4.69) is 20.4 Å². The fraction of sp³-hybridized carbons (Fsp3) is 0.214. The molecule has 3 aromatic rings. The summed E-state index contributed by atoms with van der Waals surface area (Å²) in [4.78, 5) is 65.1. The molecule has 0 saturated carbocycles. The number of amides is 2. The smallest absolute Gasteiger partial charge is 0.352 e. The molecule has 2 aliphatic heterocycles. The highest BCUT2D eigenvalue weighted by Crippen LogP contribution is 2.40. The highest BCUT2D eigenvalue weighted by molar-refractivity contribution is 8.00. The fourth-order valence-electron chi connectivity index (χ4n) is 4.72. The van der Waals surface area contributed by atoms with Gasteiger partial charge in [-0.05, 0) is 24.6 Å². The number of carbonyl (C=O) groups excluding carboxylic acids is 3. The molecule has 1 fully saturated rings. The molecule has 10 N–H and O–H groups in total. The summed E-state index contributed by atoms with van der Waals surface area (Å²) in [5, 5.41) is 48.0. The summed E-state index contributed by atoms with van der Waals surface area (Å²) in [6.07, 6.45) is 2.79. The molecule has 1 saturated heterocycles. The van der Waals surface area contributed by atoms with Crippen molar-refractivity contribution in [1.29, 1.82) is 0 Å². The van der Waals surface area contributed by atoms with E-state index >= 15 is 0 Å². The van der Waals surface area contributed by atoms with Crippen LogP contribution >= 0.6 is 23.1 Å². The number of carboxylic acids is 2. The molecule has 0 radical (unpaired) electrons. The number of thiazole rings is 1. The summed E-state index contributed by atoms with van der Waals surface area (Å²) in [7, 11) is 0. The van der Waals surface area contributed by atoms with Crippen molar-refractivity contribution in [3.05, 3.63) is 70.1 Å². The van der Waals surface area contributed by atoms with Crippen molar-refractivity contribution in [2.45, 2.75) is 31.0 Å². The Balaban J connectivity index is 1.35. The van der Waals surface area contributed by atoms with Crippen LogP contribution < -0.4 is 32.2 Å². The van der Waals surface area contributed by atoms with Crippen molar-refractivity contribution < 1.29 is 49.0 Å². The first-order valence-corrected chi connectivity index (χ1v) is 15.7. The summed E-state index contributed by atoms with van der Waals surface area (Å²) in [5.74, 6) is -5.19. The van der Waals surface area contributed by atoms with Gasteiger partial charge in [0.2, 0.25) is 24.1 Å². The van der Waals surface area contributed by atoms with E-state index in [0.29, 0.717) is 17.0 Å². The number of phenols is 2. The molecule has 0 spiro atoms. The SMILES string of the molecule is Cc1c(N)nc[n+](C/C=C/C2=C(C(=O)[O-])N3C(=O)C(NC(=O)/C(=N\OC(C(=O)O)c4ccc(O)c(O)c4)c4csc(N)n4)[C@H]3SC2)c1N. The number of nitrogens with two attached hydrogens (primary N) is 3. The average Bonchev–Trinajstić information content (AvgIpc) is 3.48. The van der Waals surface area contributed by atoms with E-state index in [1.54, 1.807) is 17.6 Å². The number of phenolic OH excluding ortho intramolecular Hbond substituents is 2. The zero-order valence-electron chi connectivity index (χ0n) is 24.8. The van der Waals surface area contributed by atoms with Crippen molar-refractivity contribution in [3.63, 3.8) is 0 Å². The number of carboxylic acid groups (broad SMARTS) is 2. The molecule has 4 heterocycles. The number of nitrogen functional groups attached to an aromatic ring is 3. The number of benzene rings is 1. The van der Waals surface area contributed by atoms with Crippen LogP contribution in [-0.4, -0.2) is 76.8 Å². The normalized spacial score (nSPS) is 18.3. The second-order valence-electron chi connectivity index (χ2n) is 10.3. The number of aromatic nitrogens is 3. The molecule has 20 heteroatoms. The third-order valence-electron chi connectivity index (χ3n) is 7.27. The molecule has 2 unspecified atom stereocenters. The van der Waals surface area contributed by atoms with Crippen molar-refractivity contribution >= 4 is 69.3 Å². The van der Waals surface area contributed by atoms with Gasteiger partial charge in [0, 0.05) is 16.7 Å². The van der Waals surface area contributed by atoms with Crippen LogP contribution in [0.3, 0.4) is 0 Å². The Morgan fingerprint density at radius 1 is 1.27 bits per heavy atom. The standard InChI is InChI=1S/C28H27N9O9S2/c1-11-21(29)32-10-36(22(11)30)6-2-3-13-8-47-25-18(24(41)37(25)19(13)26(42)43)34-23(40)17(14-9-48-28(31)33-14)35-46-20(27(44)45)12-4-5-15(38)16(39)7-12/h2-5,7,9-10,18,20,25H,6,8H2,1H3,(H10,29,30,31,33,34,35,38,39,40,42,43,44,45)/b3-2+/t18?,20?,25-/m1/s1. The van der Waals surface area contributed by atoms with Gasteiger partial charge in [-0.15, -0.1) is 23.1 Å². The van der Waals surface area contributed by atoms with E-state index in [1.807, 2.05) is 0 Å². The lowest BCUT2D eigenvalue weighted by Gasteiger charge is -2.50. The minimum absolute atomic E-state index is 0.0469. The number of β-lactam (4-membered cyclic amide) rings is 1. The van der Waals surface area contributed by atoms with Gasteiger partial charge in [0.25, 0.3) is 11.8 Å². The number of hydrogen-bond donors (Lipinski definition) is 7. The molecule has 250 valence electrons. The predicted molar refractivity (Wildman–Crippen MR) is 168 cm³/mol. The third-order valence-corrected chi connectivity index (χ3v) is 9.24. The molecule has 2 aromatic heterocycles. The van der Waals surface area contributed by atoms with Crippen LogP contribution in [-0.2, 0) is 30.6 Å². The highest BCUT2D eigenvalue weighted by atomic mass is 32.2. The maximum Gasteiger partial charge on any atom is 0.352 e. The van der Waals surface area contributed by atoms with Gasteiger partial charge < -0.3 is 52.6 Å². The van der Waals surface area contributed by atoms with Crippen molar-refractivity contribution in [3.8, 4) is 11.5 Å². The van der Waals surface area contributed by atoms with Gasteiger partial charge in [0.15, 0.2) is 22.3 Å². The number of oxime groups is 1. The maximum atomic E-state index is 13.4. The van der Waals surface area contributed by atoms with Gasteiger partial charge >= 0.3 is 5.97 Å². The van der Waals surface area contributed by atoms with E-state index in [0.717, 1.165) is 28.4 Å². The first kappa shape index (κ1) is 33.5. The van der Waals surface area contributed by atoms with Crippen LogP contribution in [0.5, 0.6) is 11.5 Å². The number of allylic oxidation sites excluding steroid dienone is 2. The first-order chi connectivity index (χ1) is 22.8. The van der Waals surface area contributed by atoms with E-state index in [9.17, 15) is 39.6 Å². The Kier molecular flexibility index (Phi) is 9.38. The van der Waals surface area contributed by atoms with E-state index < -0.39 is 58.5 Å². The Bertz CT molecular complexity index is 1930. The average molecular weight is 698 g/mol. The van der Waals surface area contributed by atoms with Gasteiger partial charge in [-0.25, -0.2) is 14.3 Å².